The van der Waals surface area contributed by atoms with E-state index < -0.39 is 0 Å². The van der Waals surface area contributed by atoms with E-state index in [1.165, 1.54) is 4.90 Å². The van der Waals surface area contributed by atoms with Crippen LogP contribution in [-0.4, -0.2) is 29.8 Å². The SMILES string of the molecule is CC[NH+](CC)Cc1cc(/C(C)=N/NC(=O)c2cccc(Cl)c2)ccc1O. The number of benzene rings is 2. The molecule has 0 bridgehead atoms. The molecule has 0 aliphatic rings. The molecule has 0 fully saturated rings. The molecule has 5 nitrogen and oxygen atoms in total. The lowest BCUT2D eigenvalue weighted by Gasteiger charge is -2.16. The Morgan fingerprint density at radius 1 is 1.15 bits per heavy atom. The second kappa shape index (κ2) is 9.36. The zero-order valence-electron chi connectivity index (χ0n) is 15.3. The van der Waals surface area contributed by atoms with Gasteiger partial charge in [0.05, 0.1) is 18.8 Å². The van der Waals surface area contributed by atoms with Crippen LogP contribution in [0.3, 0.4) is 0 Å². The molecule has 0 atom stereocenters. The fourth-order valence-corrected chi connectivity index (χ4v) is 2.81. The summed E-state index contributed by atoms with van der Waals surface area (Å²) in [7, 11) is 0. The Kier molecular flexibility index (Phi) is 7.18. The maximum atomic E-state index is 12.2. The Balaban J connectivity index is 2.14. The topological polar surface area (TPSA) is 66.1 Å². The van der Waals surface area contributed by atoms with Crippen LogP contribution in [0.5, 0.6) is 5.75 Å². The van der Waals surface area contributed by atoms with E-state index in [2.05, 4.69) is 24.4 Å². The Hall–Kier alpha value is -2.37. The molecule has 0 aromatic heterocycles. The van der Waals surface area contributed by atoms with Gasteiger partial charge in [0.15, 0.2) is 0 Å². The summed E-state index contributed by atoms with van der Waals surface area (Å²) in [4.78, 5) is 13.5. The van der Waals surface area contributed by atoms with Crippen LogP contribution in [-0.2, 0) is 6.54 Å². The number of halogens is 1. The molecule has 1 amide bonds. The third-order valence-corrected chi connectivity index (χ3v) is 4.58. The van der Waals surface area contributed by atoms with Gasteiger partial charge in [-0.25, -0.2) is 5.43 Å². The highest BCUT2D eigenvalue weighted by Crippen LogP contribution is 2.18. The van der Waals surface area contributed by atoms with Crippen LogP contribution in [0.25, 0.3) is 0 Å². The summed E-state index contributed by atoms with van der Waals surface area (Å²) in [6, 6.07) is 12.1. The van der Waals surface area contributed by atoms with Gasteiger partial charge in [-0.2, -0.15) is 5.10 Å². The Morgan fingerprint density at radius 3 is 2.54 bits per heavy atom. The van der Waals surface area contributed by atoms with Crippen LogP contribution < -0.4 is 10.3 Å². The van der Waals surface area contributed by atoms with Crippen LogP contribution >= 0.6 is 11.6 Å². The molecule has 0 saturated heterocycles. The number of amides is 1. The van der Waals surface area contributed by atoms with Gasteiger partial charge in [0.1, 0.15) is 12.3 Å². The molecule has 0 saturated carbocycles. The number of nitrogens with one attached hydrogen (secondary N) is 2. The minimum Gasteiger partial charge on any atom is -0.507 e. The van der Waals surface area contributed by atoms with Crippen molar-refractivity contribution in [3.63, 3.8) is 0 Å². The number of hydrogen-bond acceptors (Lipinski definition) is 3. The number of phenols is 1. The van der Waals surface area contributed by atoms with E-state index in [-0.39, 0.29) is 11.7 Å². The molecular formula is C20H25ClN3O2+. The number of carbonyl (C=O) groups is 1. The van der Waals surface area contributed by atoms with E-state index in [1.807, 2.05) is 13.0 Å². The Bertz CT molecular complexity index is 801. The van der Waals surface area contributed by atoms with Gasteiger partial charge in [-0.15, -0.1) is 0 Å². The summed E-state index contributed by atoms with van der Waals surface area (Å²) in [5, 5.41) is 14.8. The minimum absolute atomic E-state index is 0.281. The first-order valence-electron chi connectivity index (χ1n) is 8.70. The highest BCUT2D eigenvalue weighted by atomic mass is 35.5. The molecular weight excluding hydrogens is 350 g/mol. The minimum atomic E-state index is -0.321. The maximum Gasteiger partial charge on any atom is 0.271 e. The predicted molar refractivity (Wildman–Crippen MR) is 105 cm³/mol. The third-order valence-electron chi connectivity index (χ3n) is 4.35. The highest BCUT2D eigenvalue weighted by molar-refractivity contribution is 6.30. The number of aromatic hydroxyl groups is 1. The number of carbonyl (C=O) groups excluding carboxylic acids is 1. The van der Waals surface area contributed by atoms with Crippen molar-refractivity contribution in [3.05, 3.63) is 64.2 Å². The fraction of sp³-hybridized carbons (Fsp3) is 0.300. The van der Waals surface area contributed by atoms with Gasteiger partial charge in [0, 0.05) is 16.1 Å². The Labute approximate surface area is 159 Å². The van der Waals surface area contributed by atoms with Crippen molar-refractivity contribution < 1.29 is 14.8 Å². The molecule has 6 heteroatoms. The molecule has 0 unspecified atom stereocenters. The summed E-state index contributed by atoms with van der Waals surface area (Å²) in [5.41, 5.74) is 5.39. The lowest BCUT2D eigenvalue weighted by molar-refractivity contribution is -0.910. The second-order valence-electron chi connectivity index (χ2n) is 6.13. The zero-order chi connectivity index (χ0) is 19.1. The van der Waals surface area contributed by atoms with Crippen molar-refractivity contribution in [3.8, 4) is 5.75 Å². The van der Waals surface area contributed by atoms with Gasteiger partial charge in [0.2, 0.25) is 0 Å². The van der Waals surface area contributed by atoms with Crippen LogP contribution in [0.4, 0.5) is 0 Å². The zero-order valence-corrected chi connectivity index (χ0v) is 16.1. The number of rotatable bonds is 7. The van der Waals surface area contributed by atoms with Gasteiger partial charge >= 0.3 is 0 Å². The molecule has 2 rings (SSSR count). The quantitative estimate of drug-likeness (QED) is 0.515. The van der Waals surface area contributed by atoms with Crippen molar-refractivity contribution in [2.24, 2.45) is 5.10 Å². The van der Waals surface area contributed by atoms with Crippen LogP contribution in [0.2, 0.25) is 5.02 Å². The van der Waals surface area contributed by atoms with E-state index in [9.17, 15) is 9.90 Å². The van der Waals surface area contributed by atoms with Gasteiger partial charge in [-0.3, -0.25) is 4.79 Å². The van der Waals surface area contributed by atoms with E-state index in [1.54, 1.807) is 36.4 Å². The predicted octanol–water partition coefficient (Wildman–Crippen LogP) is 2.62. The van der Waals surface area contributed by atoms with Crippen LogP contribution in [0, 0.1) is 0 Å². The second-order valence-corrected chi connectivity index (χ2v) is 6.56. The lowest BCUT2D eigenvalue weighted by Crippen LogP contribution is -3.10. The first-order valence-corrected chi connectivity index (χ1v) is 9.08. The van der Waals surface area contributed by atoms with E-state index in [4.69, 9.17) is 11.6 Å². The number of hydrogen-bond donors (Lipinski definition) is 3. The monoisotopic (exact) mass is 374 g/mol. The normalized spacial score (nSPS) is 11.7. The first kappa shape index (κ1) is 19.9. The van der Waals surface area contributed by atoms with Crippen molar-refractivity contribution in [1.29, 1.82) is 0 Å². The number of hydrazone groups is 1. The molecule has 138 valence electrons. The molecule has 2 aromatic carbocycles. The maximum absolute atomic E-state index is 12.2. The van der Waals surface area contributed by atoms with E-state index >= 15 is 0 Å². The summed E-state index contributed by atoms with van der Waals surface area (Å²) in [6.45, 7) is 8.79. The summed E-state index contributed by atoms with van der Waals surface area (Å²) >= 11 is 5.90. The molecule has 0 heterocycles. The third kappa shape index (κ3) is 5.31. The average molecular weight is 375 g/mol. The molecule has 26 heavy (non-hydrogen) atoms. The van der Waals surface area contributed by atoms with E-state index in [0.717, 1.165) is 30.8 Å². The number of nitrogens with zero attached hydrogens (tertiary/aromatic N) is 1. The van der Waals surface area contributed by atoms with Gasteiger partial charge in [0.25, 0.3) is 5.91 Å². The Morgan fingerprint density at radius 2 is 1.88 bits per heavy atom. The van der Waals surface area contributed by atoms with Gasteiger partial charge in [-0.05, 0) is 62.7 Å². The van der Waals surface area contributed by atoms with Crippen molar-refractivity contribution in [2.45, 2.75) is 27.3 Å². The molecule has 3 N–H and O–H groups in total. The lowest BCUT2D eigenvalue weighted by atomic mass is 10.1. The highest BCUT2D eigenvalue weighted by Gasteiger charge is 2.11. The molecule has 2 aromatic rings. The van der Waals surface area contributed by atoms with Crippen molar-refractivity contribution in [2.75, 3.05) is 13.1 Å². The van der Waals surface area contributed by atoms with Gasteiger partial charge < -0.3 is 10.0 Å². The number of phenolic OH excluding ortho intramolecular Hbond substituents is 1. The molecule has 0 aliphatic heterocycles. The molecule has 0 aliphatic carbocycles. The summed E-state index contributed by atoms with van der Waals surface area (Å²) < 4.78 is 0. The average Bonchev–Trinajstić information content (AvgIpc) is 2.65. The summed E-state index contributed by atoms with van der Waals surface area (Å²) in [5.74, 6) is -0.0395. The van der Waals surface area contributed by atoms with Crippen LogP contribution in [0.1, 0.15) is 42.3 Å². The van der Waals surface area contributed by atoms with E-state index in [0.29, 0.717) is 16.3 Å². The first-order chi connectivity index (χ1) is 12.4. The molecule has 0 radical (unpaired) electrons. The van der Waals surface area contributed by atoms with Crippen LogP contribution in [0.15, 0.2) is 47.6 Å². The largest absolute Gasteiger partial charge is 0.507 e. The van der Waals surface area contributed by atoms with Crippen molar-refractivity contribution >= 4 is 23.2 Å². The fourth-order valence-electron chi connectivity index (χ4n) is 2.61. The number of quaternary nitrogens is 1. The van der Waals surface area contributed by atoms with Crippen molar-refractivity contribution in [1.82, 2.24) is 5.43 Å². The smallest absolute Gasteiger partial charge is 0.271 e. The molecule has 0 spiro atoms. The standard InChI is InChI=1S/C20H24ClN3O2/c1-4-24(5-2)13-17-11-15(9-10-19(17)25)14(3)22-23-20(26)16-7-6-8-18(21)12-16/h6-12,25H,4-5,13H2,1-3H3,(H,23,26)/p+1/b22-14+. The van der Waals surface area contributed by atoms with Gasteiger partial charge in [-0.1, -0.05) is 17.7 Å². The summed E-state index contributed by atoms with van der Waals surface area (Å²) in [6.07, 6.45) is 0.